The van der Waals surface area contributed by atoms with E-state index < -0.39 is 24.0 Å². The van der Waals surface area contributed by atoms with E-state index in [1.54, 1.807) is 50.6 Å². The third-order valence-corrected chi connectivity index (χ3v) is 9.70. The largest absolute Gasteiger partial charge is 0.493 e. The maximum absolute atomic E-state index is 12.7. The fraction of sp³-hybridized carbons (Fsp3) is 0.559. The Hall–Kier alpha value is -2.95. The van der Waals surface area contributed by atoms with Gasteiger partial charge in [0, 0.05) is 23.8 Å². The summed E-state index contributed by atoms with van der Waals surface area (Å²) < 4.78 is 35.6. The van der Waals surface area contributed by atoms with E-state index in [1.165, 1.54) is 6.08 Å². The summed E-state index contributed by atoms with van der Waals surface area (Å²) in [4.78, 5) is 24.8. The van der Waals surface area contributed by atoms with Gasteiger partial charge in [-0.25, -0.2) is 9.78 Å². The van der Waals surface area contributed by atoms with Gasteiger partial charge in [0.2, 0.25) is 5.79 Å². The van der Waals surface area contributed by atoms with Crippen LogP contribution in [-0.2, 0) is 24.0 Å². The molecule has 4 saturated heterocycles. The first-order chi connectivity index (χ1) is 20.8. The number of rotatable bonds is 10. The fourth-order valence-corrected chi connectivity index (χ4v) is 7.33. The van der Waals surface area contributed by atoms with E-state index in [-0.39, 0.29) is 17.6 Å². The molecule has 1 aliphatic carbocycles. The zero-order chi connectivity index (χ0) is 30.2. The lowest BCUT2D eigenvalue weighted by atomic mass is 9.58. The van der Waals surface area contributed by atoms with Gasteiger partial charge < -0.3 is 28.4 Å². The Bertz CT molecular complexity index is 1330. The van der Waals surface area contributed by atoms with Crippen molar-refractivity contribution in [2.24, 2.45) is 23.7 Å². The molecule has 9 heteroatoms. The maximum Gasteiger partial charge on any atom is 0.201 e. The summed E-state index contributed by atoms with van der Waals surface area (Å²) in [6.45, 7) is 7.10. The second kappa shape index (κ2) is 12.2. The second-order valence-electron chi connectivity index (χ2n) is 12.3. The van der Waals surface area contributed by atoms with E-state index in [0.29, 0.717) is 47.9 Å². The number of hydrogen-bond donors (Lipinski definition) is 0. The van der Waals surface area contributed by atoms with Crippen LogP contribution < -0.4 is 14.2 Å². The summed E-state index contributed by atoms with van der Waals surface area (Å²) in [6, 6.07) is 12.6. The van der Waals surface area contributed by atoms with E-state index in [9.17, 15) is 4.79 Å². The van der Waals surface area contributed by atoms with Gasteiger partial charge in [-0.15, -0.1) is 0 Å². The van der Waals surface area contributed by atoms with Crippen LogP contribution in [0.25, 0.3) is 6.08 Å². The molecule has 2 aromatic carbocycles. The minimum atomic E-state index is -0.807. The Morgan fingerprint density at radius 1 is 0.953 bits per heavy atom. The van der Waals surface area contributed by atoms with Gasteiger partial charge >= 0.3 is 0 Å². The quantitative estimate of drug-likeness (QED) is 0.138. The molecule has 43 heavy (non-hydrogen) atoms. The Morgan fingerprint density at radius 2 is 1.74 bits per heavy atom. The van der Waals surface area contributed by atoms with Crippen molar-refractivity contribution in [1.82, 2.24) is 0 Å². The van der Waals surface area contributed by atoms with Gasteiger partial charge in [-0.3, -0.25) is 4.79 Å². The van der Waals surface area contributed by atoms with Gasteiger partial charge in [0.15, 0.2) is 35.5 Å². The van der Waals surface area contributed by atoms with Gasteiger partial charge in [0.05, 0.1) is 20.8 Å². The van der Waals surface area contributed by atoms with Gasteiger partial charge in [-0.2, -0.15) is 0 Å². The molecule has 5 aliphatic rings. The molecule has 5 fully saturated rings. The van der Waals surface area contributed by atoms with Crippen LogP contribution in [0.5, 0.6) is 17.2 Å². The molecule has 4 heterocycles. The van der Waals surface area contributed by atoms with E-state index in [4.69, 9.17) is 38.2 Å². The molecule has 232 valence electrons. The predicted octanol–water partition coefficient (Wildman–Crippen LogP) is 6.20. The Morgan fingerprint density at radius 3 is 2.51 bits per heavy atom. The van der Waals surface area contributed by atoms with Crippen LogP contribution in [0.15, 0.2) is 48.5 Å². The van der Waals surface area contributed by atoms with Crippen molar-refractivity contribution >= 4 is 11.9 Å². The van der Waals surface area contributed by atoms with E-state index in [2.05, 4.69) is 13.8 Å². The molecule has 8 atom stereocenters. The number of methoxy groups -OCH3 is 2. The zero-order valence-electron chi connectivity index (χ0n) is 25.6. The van der Waals surface area contributed by atoms with Crippen molar-refractivity contribution in [3.05, 3.63) is 59.7 Å². The monoisotopic (exact) mass is 594 g/mol. The van der Waals surface area contributed by atoms with Crippen molar-refractivity contribution < 1.29 is 43.0 Å². The Balaban J connectivity index is 1.02. The molecule has 9 nitrogen and oxygen atoms in total. The van der Waals surface area contributed by atoms with Crippen molar-refractivity contribution in [3.63, 3.8) is 0 Å². The molecular weight excluding hydrogens is 552 g/mol. The number of fused-ring (bicyclic) bond motifs is 2. The van der Waals surface area contributed by atoms with Crippen LogP contribution in [-0.4, -0.2) is 57.2 Å². The Kier molecular flexibility index (Phi) is 8.54. The number of ketones is 1. The van der Waals surface area contributed by atoms with Crippen LogP contribution in [0.3, 0.4) is 0 Å². The number of ether oxygens (including phenoxy) is 6. The highest BCUT2D eigenvalue weighted by Gasteiger charge is 2.69. The highest BCUT2D eigenvalue weighted by Crippen LogP contribution is 2.60. The first kappa shape index (κ1) is 30.1. The summed E-state index contributed by atoms with van der Waals surface area (Å²) in [7, 11) is 3.17. The topological polar surface area (TPSA) is 90.9 Å². The van der Waals surface area contributed by atoms with Crippen molar-refractivity contribution in [1.29, 1.82) is 0 Å². The first-order valence-electron chi connectivity index (χ1n) is 15.3. The highest BCUT2D eigenvalue weighted by atomic mass is 17.3. The molecule has 1 saturated carbocycles. The van der Waals surface area contributed by atoms with Crippen LogP contribution in [0.4, 0.5) is 0 Å². The normalized spacial score (nSPS) is 34.8. The van der Waals surface area contributed by atoms with Crippen LogP contribution in [0.1, 0.15) is 62.4 Å². The van der Waals surface area contributed by atoms with Gasteiger partial charge in [-0.05, 0) is 86.1 Å². The average molecular weight is 595 g/mol. The number of hydrogen-bond acceptors (Lipinski definition) is 9. The molecule has 2 aromatic rings. The SMILES string of the molecule is COc1ccc(/C=C/C(=O)c2ccc(OCCO[C@H]3O[C@@H]4O[C@]5(C)CC[C@H]6[C@H](C)CC[C@@H]([C@H]3C)[C@@]46OO5)cc2)cc1OC. The third-order valence-electron chi connectivity index (χ3n) is 9.70. The van der Waals surface area contributed by atoms with E-state index >= 15 is 0 Å². The summed E-state index contributed by atoms with van der Waals surface area (Å²) in [6.07, 6.45) is 6.28. The molecule has 2 bridgehead atoms. The number of carbonyl (C=O) groups excluding carboxylic acids is 1. The lowest BCUT2D eigenvalue weighted by molar-refractivity contribution is -0.577. The van der Waals surface area contributed by atoms with Crippen LogP contribution in [0, 0.1) is 23.7 Å². The van der Waals surface area contributed by atoms with Crippen LogP contribution in [0.2, 0.25) is 0 Å². The molecule has 0 N–H and O–H groups in total. The number of carbonyl (C=O) groups is 1. The molecule has 0 aromatic heterocycles. The predicted molar refractivity (Wildman–Crippen MR) is 158 cm³/mol. The molecule has 0 unspecified atom stereocenters. The summed E-state index contributed by atoms with van der Waals surface area (Å²) in [5.41, 5.74) is 0.805. The number of allylic oxidation sites excluding steroid dienone is 1. The Labute approximate surface area is 253 Å². The molecule has 4 aliphatic heterocycles. The van der Waals surface area contributed by atoms with Crippen molar-refractivity contribution in [2.75, 3.05) is 27.4 Å². The second-order valence-corrected chi connectivity index (χ2v) is 12.3. The minimum Gasteiger partial charge on any atom is -0.493 e. The van der Waals surface area contributed by atoms with Gasteiger partial charge in [0.1, 0.15) is 12.4 Å². The van der Waals surface area contributed by atoms with Crippen LogP contribution >= 0.6 is 0 Å². The smallest absolute Gasteiger partial charge is 0.201 e. The molecule has 0 radical (unpaired) electrons. The summed E-state index contributed by atoms with van der Waals surface area (Å²) >= 11 is 0. The first-order valence-corrected chi connectivity index (χ1v) is 15.3. The lowest BCUT2D eigenvalue weighted by Gasteiger charge is -2.60. The molecule has 7 rings (SSSR count). The fourth-order valence-electron chi connectivity index (χ4n) is 7.33. The molecule has 0 amide bonds. The molecule has 1 spiro atoms. The maximum atomic E-state index is 12.7. The van der Waals surface area contributed by atoms with Crippen molar-refractivity contribution in [2.45, 2.75) is 70.4 Å². The number of benzene rings is 2. The lowest BCUT2D eigenvalue weighted by Crippen LogP contribution is -2.70. The third kappa shape index (κ3) is 5.69. The van der Waals surface area contributed by atoms with Gasteiger partial charge in [0.25, 0.3) is 0 Å². The summed E-state index contributed by atoms with van der Waals surface area (Å²) in [5.74, 6) is 2.15. The average Bonchev–Trinajstić information content (AvgIpc) is 3.26. The van der Waals surface area contributed by atoms with E-state index in [0.717, 1.165) is 31.2 Å². The minimum absolute atomic E-state index is 0.108. The standard InChI is InChI=1S/C34H42O9/c1-21-6-13-27-22(2)31(40-32-34(27)26(21)16-17-33(3,41-32)42-43-34)39-19-18-38-25-11-9-24(10-12-25)28(35)14-7-23-8-15-29(36-4)30(20-23)37-5/h7-12,14-15,20-22,26-27,31-32H,6,13,16-19H2,1-5H3/b14-7+/t21-,22-,26+,27+,31+,32-,33+,34-/m1/s1. The van der Waals surface area contributed by atoms with Gasteiger partial charge in [-0.1, -0.05) is 26.0 Å². The molecular formula is C34H42O9. The highest BCUT2D eigenvalue weighted by molar-refractivity contribution is 6.06. The summed E-state index contributed by atoms with van der Waals surface area (Å²) in [5, 5.41) is 0. The zero-order valence-corrected chi connectivity index (χ0v) is 25.6. The van der Waals surface area contributed by atoms with Crippen molar-refractivity contribution in [3.8, 4) is 17.2 Å². The van der Waals surface area contributed by atoms with E-state index in [1.807, 2.05) is 19.1 Å².